The molecule has 2 amide bonds. The number of para-hydroxylation sites is 1. The third-order valence-electron chi connectivity index (χ3n) is 4.70. The Morgan fingerprint density at radius 2 is 2.16 bits per heavy atom. The number of nitrogens with one attached hydrogen (secondary N) is 2. The van der Waals surface area contributed by atoms with Crippen LogP contribution in [-0.4, -0.2) is 33.1 Å². The molecular weight excluding hydrogens is 318 g/mol. The Hall–Kier alpha value is -3.09. The lowest BCUT2D eigenvalue weighted by atomic mass is 10.1. The minimum Gasteiger partial charge on any atom is -0.353 e. The van der Waals surface area contributed by atoms with Gasteiger partial charge in [0.2, 0.25) is 11.8 Å². The van der Waals surface area contributed by atoms with Crippen LogP contribution in [0.2, 0.25) is 0 Å². The molecule has 1 fully saturated rings. The number of hydrogen-bond acceptors (Lipinski definition) is 3. The molecule has 1 saturated heterocycles. The molecule has 3 aromatic rings. The molecule has 2 N–H and O–H groups in total. The van der Waals surface area contributed by atoms with Gasteiger partial charge in [-0.15, -0.1) is 0 Å². The van der Waals surface area contributed by atoms with Crippen molar-refractivity contribution < 1.29 is 9.59 Å². The number of benzene rings is 1. The Balaban J connectivity index is 1.46. The van der Waals surface area contributed by atoms with Crippen molar-refractivity contribution in [3.05, 3.63) is 48.3 Å². The summed E-state index contributed by atoms with van der Waals surface area (Å²) in [4.78, 5) is 26.5. The van der Waals surface area contributed by atoms with Crippen LogP contribution in [0.4, 0.5) is 5.82 Å². The lowest BCUT2D eigenvalue weighted by Crippen LogP contribution is -2.33. The monoisotopic (exact) mass is 337 g/mol. The summed E-state index contributed by atoms with van der Waals surface area (Å²) in [5.74, 6) is 0.0646. The second kappa shape index (κ2) is 6.08. The molecule has 4 rings (SSSR count). The topological polar surface area (TPSA) is 83.0 Å². The molecule has 25 heavy (non-hydrogen) atoms. The van der Waals surface area contributed by atoms with E-state index in [0.29, 0.717) is 18.9 Å². The van der Waals surface area contributed by atoms with E-state index >= 15 is 0 Å². The first-order valence-corrected chi connectivity index (χ1v) is 8.25. The van der Waals surface area contributed by atoms with Gasteiger partial charge in [0.25, 0.3) is 0 Å². The van der Waals surface area contributed by atoms with Crippen LogP contribution >= 0.6 is 0 Å². The summed E-state index contributed by atoms with van der Waals surface area (Å²) in [6, 6.07) is 11.6. The van der Waals surface area contributed by atoms with Crippen molar-refractivity contribution in [1.82, 2.24) is 20.1 Å². The molecule has 2 aromatic heterocycles. The van der Waals surface area contributed by atoms with Gasteiger partial charge in [-0.1, -0.05) is 12.1 Å². The zero-order valence-corrected chi connectivity index (χ0v) is 13.9. The van der Waals surface area contributed by atoms with Crippen molar-refractivity contribution in [3.8, 4) is 0 Å². The molecular formula is C18H19N5O2. The Bertz CT molecular complexity index is 942. The molecule has 0 bridgehead atoms. The highest BCUT2D eigenvalue weighted by molar-refractivity contribution is 6.05. The second-order valence-corrected chi connectivity index (χ2v) is 6.33. The SMILES string of the molecule is Cn1cccc1CNC(=O)[C@H]1CC(=O)N(c2n[nH]c3ccccc23)C1. The van der Waals surface area contributed by atoms with Crippen molar-refractivity contribution in [1.29, 1.82) is 0 Å². The number of aromatic amines is 1. The number of amides is 2. The lowest BCUT2D eigenvalue weighted by molar-refractivity contribution is -0.126. The third-order valence-corrected chi connectivity index (χ3v) is 4.70. The molecule has 1 aliphatic heterocycles. The van der Waals surface area contributed by atoms with Crippen LogP contribution < -0.4 is 10.2 Å². The van der Waals surface area contributed by atoms with Crippen molar-refractivity contribution in [3.63, 3.8) is 0 Å². The molecule has 7 nitrogen and oxygen atoms in total. The third kappa shape index (κ3) is 2.77. The summed E-state index contributed by atoms with van der Waals surface area (Å²) in [5.41, 5.74) is 1.90. The number of nitrogens with zero attached hydrogens (tertiary/aromatic N) is 3. The number of carbonyl (C=O) groups is 2. The highest BCUT2D eigenvalue weighted by Gasteiger charge is 2.36. The average Bonchev–Trinajstić information content (AvgIpc) is 3.31. The number of anilines is 1. The number of rotatable bonds is 4. The Morgan fingerprint density at radius 1 is 1.32 bits per heavy atom. The van der Waals surface area contributed by atoms with Gasteiger partial charge >= 0.3 is 0 Å². The van der Waals surface area contributed by atoms with E-state index < -0.39 is 0 Å². The number of aryl methyl sites for hydroxylation is 1. The first-order chi connectivity index (χ1) is 12.1. The number of aromatic nitrogens is 3. The van der Waals surface area contributed by atoms with E-state index in [1.165, 1.54) is 0 Å². The maximum Gasteiger partial charge on any atom is 0.229 e. The standard InChI is InChI=1S/C18H19N5O2/c1-22-8-4-5-13(22)10-19-18(25)12-9-16(24)23(11-12)17-14-6-2-3-7-15(14)20-21-17/h2-8,12H,9-11H2,1H3,(H,19,25)(H,20,21)/t12-/m0/s1. The summed E-state index contributed by atoms with van der Waals surface area (Å²) in [5, 5.41) is 11.0. The van der Waals surface area contributed by atoms with Gasteiger partial charge in [-0.3, -0.25) is 19.6 Å². The molecule has 128 valence electrons. The Kier molecular flexibility index (Phi) is 3.76. The van der Waals surface area contributed by atoms with E-state index in [2.05, 4.69) is 15.5 Å². The molecule has 1 aliphatic rings. The minimum atomic E-state index is -0.358. The minimum absolute atomic E-state index is 0.0729. The van der Waals surface area contributed by atoms with Gasteiger partial charge in [0.1, 0.15) is 0 Å². The van der Waals surface area contributed by atoms with E-state index in [1.807, 2.05) is 54.2 Å². The fourth-order valence-electron chi connectivity index (χ4n) is 3.24. The quantitative estimate of drug-likeness (QED) is 0.758. The van der Waals surface area contributed by atoms with E-state index in [0.717, 1.165) is 16.6 Å². The first-order valence-electron chi connectivity index (χ1n) is 8.25. The highest BCUT2D eigenvalue weighted by atomic mass is 16.2. The summed E-state index contributed by atoms with van der Waals surface area (Å²) in [6.45, 7) is 0.811. The van der Waals surface area contributed by atoms with Crippen LogP contribution in [0.5, 0.6) is 0 Å². The smallest absolute Gasteiger partial charge is 0.229 e. The summed E-state index contributed by atoms with van der Waals surface area (Å²) < 4.78 is 1.96. The van der Waals surface area contributed by atoms with Gasteiger partial charge in [0.05, 0.1) is 18.0 Å². The zero-order valence-electron chi connectivity index (χ0n) is 13.9. The van der Waals surface area contributed by atoms with Gasteiger partial charge in [-0.25, -0.2) is 0 Å². The van der Waals surface area contributed by atoms with Crippen LogP contribution in [0.25, 0.3) is 10.9 Å². The molecule has 0 aliphatic carbocycles. The van der Waals surface area contributed by atoms with Crippen LogP contribution in [0.3, 0.4) is 0 Å². The predicted molar refractivity (Wildman–Crippen MR) is 93.8 cm³/mol. The van der Waals surface area contributed by atoms with Crippen LogP contribution in [0, 0.1) is 5.92 Å². The molecule has 7 heteroatoms. The summed E-state index contributed by atoms with van der Waals surface area (Å²) in [7, 11) is 1.94. The second-order valence-electron chi connectivity index (χ2n) is 6.33. The van der Waals surface area contributed by atoms with Crippen molar-refractivity contribution in [2.75, 3.05) is 11.4 Å². The summed E-state index contributed by atoms with van der Waals surface area (Å²) in [6.07, 6.45) is 2.14. The number of carbonyl (C=O) groups excluding carboxylic acids is 2. The van der Waals surface area contributed by atoms with Gasteiger partial charge in [-0.05, 0) is 24.3 Å². The van der Waals surface area contributed by atoms with Crippen LogP contribution in [0.1, 0.15) is 12.1 Å². The Morgan fingerprint density at radius 3 is 2.96 bits per heavy atom. The first kappa shape index (κ1) is 15.4. The summed E-state index contributed by atoms with van der Waals surface area (Å²) >= 11 is 0. The molecule has 3 heterocycles. The van der Waals surface area contributed by atoms with E-state index in [1.54, 1.807) is 4.90 Å². The molecule has 0 unspecified atom stereocenters. The number of hydrogen-bond donors (Lipinski definition) is 2. The molecule has 0 spiro atoms. The predicted octanol–water partition coefficient (Wildman–Crippen LogP) is 1.57. The lowest BCUT2D eigenvalue weighted by Gasteiger charge is -2.14. The van der Waals surface area contributed by atoms with Gasteiger partial charge < -0.3 is 9.88 Å². The van der Waals surface area contributed by atoms with E-state index in [-0.39, 0.29) is 24.2 Å². The Labute approximate surface area is 144 Å². The normalized spacial score (nSPS) is 17.4. The fraction of sp³-hybridized carbons (Fsp3) is 0.278. The van der Waals surface area contributed by atoms with E-state index in [9.17, 15) is 9.59 Å². The zero-order chi connectivity index (χ0) is 17.4. The maximum atomic E-state index is 12.4. The van der Waals surface area contributed by atoms with Crippen molar-refractivity contribution in [2.24, 2.45) is 13.0 Å². The van der Waals surface area contributed by atoms with Crippen LogP contribution in [-0.2, 0) is 23.2 Å². The number of H-pyrrole nitrogens is 1. The van der Waals surface area contributed by atoms with Gasteiger partial charge in [0, 0.05) is 37.3 Å². The molecule has 0 radical (unpaired) electrons. The van der Waals surface area contributed by atoms with Crippen LogP contribution in [0.15, 0.2) is 42.6 Å². The fourth-order valence-corrected chi connectivity index (χ4v) is 3.24. The molecule has 1 aromatic carbocycles. The maximum absolute atomic E-state index is 12.4. The van der Waals surface area contributed by atoms with Gasteiger partial charge in [-0.2, -0.15) is 5.10 Å². The highest BCUT2D eigenvalue weighted by Crippen LogP contribution is 2.29. The van der Waals surface area contributed by atoms with Gasteiger partial charge in [0.15, 0.2) is 5.82 Å². The van der Waals surface area contributed by atoms with Crippen molar-refractivity contribution in [2.45, 2.75) is 13.0 Å². The average molecular weight is 337 g/mol. The molecule has 1 atom stereocenters. The van der Waals surface area contributed by atoms with E-state index in [4.69, 9.17) is 0 Å². The van der Waals surface area contributed by atoms with Crippen molar-refractivity contribution >= 4 is 28.5 Å². The largest absolute Gasteiger partial charge is 0.353 e. The number of fused-ring (bicyclic) bond motifs is 1. The molecule has 0 saturated carbocycles.